The lowest BCUT2D eigenvalue weighted by atomic mass is 10.2. The number of hydrogen-bond donors (Lipinski definition) is 1. The van der Waals surface area contributed by atoms with Crippen LogP contribution in [0.3, 0.4) is 0 Å². The summed E-state index contributed by atoms with van der Waals surface area (Å²) in [5.41, 5.74) is -1.52. The van der Waals surface area contributed by atoms with E-state index >= 15 is 0 Å². The SMILES string of the molecule is COc1ccc([N+](=O)[O-])cc1N(CCC(=O)O)S(=O)(=O)c1ccccc1[N+](=O)[O-]. The lowest BCUT2D eigenvalue weighted by Crippen LogP contribution is -2.34. The highest BCUT2D eigenvalue weighted by Gasteiger charge is 2.34. The number of aliphatic carboxylic acids is 1. The molecule has 2 aromatic carbocycles. The van der Waals surface area contributed by atoms with Gasteiger partial charge in [0, 0.05) is 24.7 Å². The molecular weight excluding hydrogens is 410 g/mol. The standard InChI is InChI=1S/C16H15N3O9S/c1-28-14-7-6-11(18(22)23)10-13(14)17(9-8-16(20)21)29(26,27)15-5-3-2-4-12(15)19(24)25/h2-7,10H,8-9H2,1H3,(H,20,21). The van der Waals surface area contributed by atoms with Crippen LogP contribution in [0.4, 0.5) is 17.1 Å². The number of para-hydroxylation sites is 1. The average Bonchev–Trinajstić information content (AvgIpc) is 2.67. The van der Waals surface area contributed by atoms with Crippen LogP contribution in [0.25, 0.3) is 0 Å². The van der Waals surface area contributed by atoms with Gasteiger partial charge in [-0.1, -0.05) is 12.1 Å². The van der Waals surface area contributed by atoms with Crippen LogP contribution in [0.15, 0.2) is 47.4 Å². The fourth-order valence-electron chi connectivity index (χ4n) is 2.50. The monoisotopic (exact) mass is 425 g/mol. The number of hydrogen-bond acceptors (Lipinski definition) is 8. The summed E-state index contributed by atoms with van der Waals surface area (Å²) in [5, 5.41) is 31.4. The summed E-state index contributed by atoms with van der Waals surface area (Å²) in [6.45, 7) is -0.638. The Hall–Kier alpha value is -3.74. The zero-order chi connectivity index (χ0) is 21.8. The Morgan fingerprint density at radius 3 is 2.34 bits per heavy atom. The molecule has 0 atom stereocenters. The Morgan fingerprint density at radius 2 is 1.79 bits per heavy atom. The number of anilines is 1. The minimum atomic E-state index is -4.67. The van der Waals surface area contributed by atoms with Crippen LogP contribution in [0, 0.1) is 20.2 Å². The second-order valence-electron chi connectivity index (χ2n) is 5.56. The first-order valence-corrected chi connectivity index (χ1v) is 9.34. The van der Waals surface area contributed by atoms with E-state index in [1.54, 1.807) is 0 Å². The quantitative estimate of drug-likeness (QED) is 0.467. The van der Waals surface area contributed by atoms with E-state index in [1.165, 1.54) is 19.2 Å². The number of non-ortho nitro benzene ring substituents is 1. The molecule has 12 nitrogen and oxygen atoms in total. The fourth-order valence-corrected chi connectivity index (χ4v) is 4.13. The van der Waals surface area contributed by atoms with Crippen molar-refractivity contribution in [2.75, 3.05) is 18.0 Å². The summed E-state index contributed by atoms with van der Waals surface area (Å²) in [7, 11) is -3.48. The third kappa shape index (κ3) is 4.57. The highest BCUT2D eigenvalue weighted by Crippen LogP contribution is 2.37. The normalized spacial score (nSPS) is 10.9. The van der Waals surface area contributed by atoms with E-state index in [0.717, 1.165) is 30.3 Å². The number of carbonyl (C=O) groups is 1. The van der Waals surface area contributed by atoms with Crippen LogP contribution in [0.5, 0.6) is 5.75 Å². The van der Waals surface area contributed by atoms with Crippen molar-refractivity contribution in [3.8, 4) is 5.75 Å². The Balaban J connectivity index is 2.75. The van der Waals surface area contributed by atoms with E-state index in [2.05, 4.69) is 0 Å². The van der Waals surface area contributed by atoms with Gasteiger partial charge in [-0.2, -0.15) is 0 Å². The van der Waals surface area contributed by atoms with Gasteiger partial charge in [-0.3, -0.25) is 29.3 Å². The van der Waals surface area contributed by atoms with Crippen molar-refractivity contribution in [3.05, 3.63) is 62.7 Å². The van der Waals surface area contributed by atoms with Crippen molar-refractivity contribution in [1.29, 1.82) is 0 Å². The first-order chi connectivity index (χ1) is 13.6. The molecule has 0 amide bonds. The van der Waals surface area contributed by atoms with Crippen LogP contribution in [-0.2, 0) is 14.8 Å². The molecule has 0 bridgehead atoms. The molecule has 154 valence electrons. The summed E-state index contributed by atoms with van der Waals surface area (Å²) in [6.07, 6.45) is -0.661. The van der Waals surface area contributed by atoms with Crippen molar-refractivity contribution in [2.24, 2.45) is 0 Å². The Kier molecular flexibility index (Phi) is 6.33. The smallest absolute Gasteiger partial charge is 0.305 e. The number of nitro groups is 2. The second-order valence-corrected chi connectivity index (χ2v) is 7.39. The highest BCUT2D eigenvalue weighted by molar-refractivity contribution is 7.93. The van der Waals surface area contributed by atoms with E-state index in [1.807, 2.05) is 0 Å². The molecule has 0 saturated carbocycles. The molecule has 1 N–H and O–H groups in total. The molecule has 2 aromatic rings. The fraction of sp³-hybridized carbons (Fsp3) is 0.188. The maximum absolute atomic E-state index is 13.2. The van der Waals surface area contributed by atoms with Gasteiger partial charge in [-0.15, -0.1) is 0 Å². The molecule has 0 aromatic heterocycles. The van der Waals surface area contributed by atoms with Crippen LogP contribution >= 0.6 is 0 Å². The number of benzene rings is 2. The Bertz CT molecular complexity index is 1070. The van der Waals surface area contributed by atoms with Crippen LogP contribution in [-0.4, -0.2) is 43.0 Å². The second kappa shape index (κ2) is 8.52. The van der Waals surface area contributed by atoms with Crippen molar-refractivity contribution >= 4 is 33.1 Å². The summed E-state index contributed by atoms with van der Waals surface area (Å²) >= 11 is 0. The average molecular weight is 425 g/mol. The van der Waals surface area contributed by atoms with Crippen LogP contribution < -0.4 is 9.04 Å². The summed E-state index contributed by atoms with van der Waals surface area (Å²) < 4.78 is 32.1. The predicted octanol–water partition coefficient (Wildman–Crippen LogP) is 2.18. The van der Waals surface area contributed by atoms with E-state index < -0.39 is 55.1 Å². The maximum atomic E-state index is 13.2. The van der Waals surface area contributed by atoms with Gasteiger partial charge in [0.25, 0.3) is 21.4 Å². The van der Waals surface area contributed by atoms with Gasteiger partial charge in [0.15, 0.2) is 4.90 Å². The summed E-state index contributed by atoms with van der Waals surface area (Å²) in [4.78, 5) is 31.1. The number of methoxy groups -OCH3 is 1. The van der Waals surface area contributed by atoms with Gasteiger partial charge in [0.05, 0.1) is 23.4 Å². The molecule has 0 aliphatic heterocycles. The number of ether oxygens (including phenoxy) is 1. The molecule has 29 heavy (non-hydrogen) atoms. The summed E-state index contributed by atoms with van der Waals surface area (Å²) in [5.74, 6) is -1.43. The summed E-state index contributed by atoms with van der Waals surface area (Å²) in [6, 6.07) is 7.63. The lowest BCUT2D eigenvalue weighted by molar-refractivity contribution is -0.387. The molecular formula is C16H15N3O9S. The van der Waals surface area contributed by atoms with Crippen LogP contribution in [0.2, 0.25) is 0 Å². The van der Waals surface area contributed by atoms with Gasteiger partial charge < -0.3 is 9.84 Å². The van der Waals surface area contributed by atoms with E-state index in [9.17, 15) is 33.4 Å². The number of sulfonamides is 1. The molecule has 0 fully saturated rings. The third-order valence-corrected chi connectivity index (χ3v) is 5.66. The Morgan fingerprint density at radius 1 is 1.14 bits per heavy atom. The molecule has 0 radical (unpaired) electrons. The molecule has 2 rings (SSSR count). The number of nitrogens with zero attached hydrogens (tertiary/aromatic N) is 3. The molecule has 13 heteroatoms. The van der Waals surface area contributed by atoms with Crippen molar-refractivity contribution in [3.63, 3.8) is 0 Å². The maximum Gasteiger partial charge on any atom is 0.305 e. The zero-order valence-corrected chi connectivity index (χ0v) is 15.7. The van der Waals surface area contributed by atoms with Gasteiger partial charge in [0.2, 0.25) is 0 Å². The number of rotatable bonds is 9. The number of carboxylic acid groups (broad SMARTS) is 1. The lowest BCUT2D eigenvalue weighted by Gasteiger charge is -2.25. The van der Waals surface area contributed by atoms with Gasteiger partial charge in [-0.25, -0.2) is 8.42 Å². The minimum absolute atomic E-state index is 0.0943. The van der Waals surface area contributed by atoms with E-state index in [0.29, 0.717) is 4.31 Å². The van der Waals surface area contributed by atoms with Gasteiger partial charge in [-0.05, 0) is 12.1 Å². The molecule has 0 spiro atoms. The highest BCUT2D eigenvalue weighted by atomic mass is 32.2. The predicted molar refractivity (Wildman–Crippen MR) is 99.5 cm³/mol. The van der Waals surface area contributed by atoms with Crippen molar-refractivity contribution in [1.82, 2.24) is 0 Å². The number of carboxylic acids is 1. The molecule has 0 unspecified atom stereocenters. The van der Waals surface area contributed by atoms with E-state index in [-0.39, 0.29) is 11.4 Å². The van der Waals surface area contributed by atoms with Gasteiger partial charge >= 0.3 is 5.97 Å². The molecule has 0 saturated heterocycles. The zero-order valence-electron chi connectivity index (χ0n) is 14.9. The molecule has 0 aliphatic carbocycles. The van der Waals surface area contributed by atoms with E-state index in [4.69, 9.17) is 9.84 Å². The largest absolute Gasteiger partial charge is 0.495 e. The van der Waals surface area contributed by atoms with Crippen molar-refractivity contribution < 1.29 is 32.9 Å². The van der Waals surface area contributed by atoms with Crippen molar-refractivity contribution in [2.45, 2.75) is 11.3 Å². The van der Waals surface area contributed by atoms with Gasteiger partial charge in [0.1, 0.15) is 11.4 Å². The topological polar surface area (TPSA) is 170 Å². The molecule has 0 aliphatic rings. The Labute approximate surface area is 164 Å². The third-order valence-electron chi connectivity index (χ3n) is 3.80. The number of nitro benzene ring substituents is 2. The van der Waals surface area contributed by atoms with Crippen LogP contribution in [0.1, 0.15) is 6.42 Å². The molecule has 0 heterocycles. The first kappa shape index (κ1) is 21.6. The first-order valence-electron chi connectivity index (χ1n) is 7.90. The minimum Gasteiger partial charge on any atom is -0.495 e.